The van der Waals surface area contributed by atoms with E-state index in [1.165, 1.54) is 36.8 Å². The minimum absolute atomic E-state index is 0.0510. The number of benzene rings is 1. The number of phenolic OH excluding ortho intramolecular Hbond substituents is 2. The Hall–Kier alpha value is -1.36. The minimum Gasteiger partial charge on any atom is -0.507 e. The molecule has 3 N–H and O–H groups in total. The van der Waals surface area contributed by atoms with Crippen molar-refractivity contribution >= 4 is 17.7 Å². The molecule has 1 aromatic carbocycles. The summed E-state index contributed by atoms with van der Waals surface area (Å²) in [6.45, 7) is 0.561. The van der Waals surface area contributed by atoms with Crippen molar-refractivity contribution in [2.75, 3.05) is 18.6 Å². The van der Waals surface area contributed by atoms with Crippen molar-refractivity contribution in [2.45, 2.75) is 25.7 Å². The van der Waals surface area contributed by atoms with Gasteiger partial charge in [-0.25, -0.2) is 0 Å². The van der Waals surface area contributed by atoms with E-state index in [1.54, 1.807) is 0 Å². The zero-order chi connectivity index (χ0) is 14.1. The van der Waals surface area contributed by atoms with Gasteiger partial charge in [-0.2, -0.15) is 11.8 Å². The number of carbonyl (C=O) groups excluding carboxylic acids is 1. The lowest BCUT2D eigenvalue weighted by Crippen LogP contribution is -2.24. The maximum atomic E-state index is 11.8. The molecule has 0 fully saturated rings. The van der Waals surface area contributed by atoms with Gasteiger partial charge in [-0.3, -0.25) is 4.79 Å². The normalized spacial score (nSPS) is 10.4. The molecule has 0 aromatic heterocycles. The Morgan fingerprint density at radius 1 is 1.16 bits per heavy atom. The SMILES string of the molecule is CSCCCCCCNC(=O)c1c(O)cccc1O. The van der Waals surface area contributed by atoms with Crippen LogP contribution in [0.2, 0.25) is 0 Å². The molecule has 0 aliphatic rings. The lowest BCUT2D eigenvalue weighted by atomic mass is 10.1. The van der Waals surface area contributed by atoms with Gasteiger partial charge in [0.1, 0.15) is 17.1 Å². The number of rotatable bonds is 8. The van der Waals surface area contributed by atoms with E-state index < -0.39 is 5.91 Å². The summed E-state index contributed by atoms with van der Waals surface area (Å²) in [5, 5.41) is 21.8. The summed E-state index contributed by atoms with van der Waals surface area (Å²) < 4.78 is 0. The molecular formula is C14H21NO3S. The number of nitrogens with one attached hydrogen (secondary N) is 1. The first-order valence-corrected chi connectivity index (χ1v) is 7.84. The zero-order valence-corrected chi connectivity index (χ0v) is 12.0. The van der Waals surface area contributed by atoms with Gasteiger partial charge >= 0.3 is 0 Å². The second-order valence-electron chi connectivity index (χ2n) is 4.33. The quantitative estimate of drug-likeness (QED) is 0.642. The highest BCUT2D eigenvalue weighted by Crippen LogP contribution is 2.25. The Kier molecular flexibility index (Phi) is 7.18. The van der Waals surface area contributed by atoms with Gasteiger partial charge in [0.05, 0.1) is 0 Å². The molecule has 0 radical (unpaired) electrons. The van der Waals surface area contributed by atoms with Crippen molar-refractivity contribution in [2.24, 2.45) is 0 Å². The maximum absolute atomic E-state index is 11.8. The fraction of sp³-hybridized carbons (Fsp3) is 0.500. The lowest BCUT2D eigenvalue weighted by molar-refractivity contribution is 0.0947. The molecule has 1 aromatic rings. The van der Waals surface area contributed by atoms with E-state index >= 15 is 0 Å². The molecule has 0 atom stereocenters. The van der Waals surface area contributed by atoms with Crippen LogP contribution in [0.3, 0.4) is 0 Å². The lowest BCUT2D eigenvalue weighted by Gasteiger charge is -2.08. The molecule has 5 heteroatoms. The van der Waals surface area contributed by atoms with E-state index in [9.17, 15) is 15.0 Å². The van der Waals surface area contributed by atoms with Gasteiger partial charge in [0, 0.05) is 6.54 Å². The Morgan fingerprint density at radius 2 is 1.79 bits per heavy atom. The fourth-order valence-electron chi connectivity index (χ4n) is 1.78. The number of hydrogen-bond acceptors (Lipinski definition) is 4. The largest absolute Gasteiger partial charge is 0.507 e. The van der Waals surface area contributed by atoms with Crippen LogP contribution >= 0.6 is 11.8 Å². The van der Waals surface area contributed by atoms with Crippen molar-refractivity contribution in [3.63, 3.8) is 0 Å². The van der Waals surface area contributed by atoms with Crippen LogP contribution in [0.4, 0.5) is 0 Å². The van der Waals surface area contributed by atoms with Crippen LogP contribution in [0.25, 0.3) is 0 Å². The number of amides is 1. The third kappa shape index (κ3) is 5.42. The Bertz CT molecular complexity index is 389. The monoisotopic (exact) mass is 283 g/mol. The molecule has 106 valence electrons. The van der Waals surface area contributed by atoms with Gasteiger partial charge in [-0.05, 0) is 37.0 Å². The number of unbranched alkanes of at least 4 members (excludes halogenated alkanes) is 3. The highest BCUT2D eigenvalue weighted by Gasteiger charge is 2.14. The average molecular weight is 283 g/mol. The Balaban J connectivity index is 2.28. The van der Waals surface area contributed by atoms with Gasteiger partial charge in [0.2, 0.25) is 0 Å². The van der Waals surface area contributed by atoms with E-state index in [-0.39, 0.29) is 17.1 Å². The molecule has 19 heavy (non-hydrogen) atoms. The van der Waals surface area contributed by atoms with Gasteiger partial charge < -0.3 is 15.5 Å². The highest BCUT2D eigenvalue weighted by molar-refractivity contribution is 7.98. The van der Waals surface area contributed by atoms with E-state index in [4.69, 9.17) is 0 Å². The van der Waals surface area contributed by atoms with Crippen LogP contribution in [0.1, 0.15) is 36.0 Å². The van der Waals surface area contributed by atoms with Crippen molar-refractivity contribution in [3.05, 3.63) is 23.8 Å². The topological polar surface area (TPSA) is 69.6 Å². The van der Waals surface area contributed by atoms with Crippen molar-refractivity contribution < 1.29 is 15.0 Å². The zero-order valence-electron chi connectivity index (χ0n) is 11.2. The summed E-state index contributed by atoms with van der Waals surface area (Å²) in [5.74, 6) is 0.354. The van der Waals surface area contributed by atoms with E-state index in [2.05, 4.69) is 11.6 Å². The minimum atomic E-state index is -0.431. The number of aromatic hydroxyl groups is 2. The second-order valence-corrected chi connectivity index (χ2v) is 5.32. The van der Waals surface area contributed by atoms with Crippen LogP contribution in [0.5, 0.6) is 11.5 Å². The van der Waals surface area contributed by atoms with E-state index in [0.717, 1.165) is 12.8 Å². The summed E-state index contributed by atoms with van der Waals surface area (Å²) in [6, 6.07) is 4.27. The molecule has 0 saturated carbocycles. The molecule has 0 spiro atoms. The highest BCUT2D eigenvalue weighted by atomic mass is 32.2. The molecular weight excluding hydrogens is 262 g/mol. The molecule has 0 heterocycles. The molecule has 0 aliphatic heterocycles. The average Bonchev–Trinajstić information content (AvgIpc) is 2.37. The number of thioether (sulfide) groups is 1. The summed E-state index contributed by atoms with van der Waals surface area (Å²) in [5.41, 5.74) is -0.0510. The predicted molar refractivity (Wildman–Crippen MR) is 79.0 cm³/mol. The van der Waals surface area contributed by atoms with Gasteiger partial charge in [0.25, 0.3) is 5.91 Å². The molecule has 1 rings (SSSR count). The summed E-state index contributed by atoms with van der Waals surface area (Å²) in [7, 11) is 0. The van der Waals surface area contributed by atoms with Crippen LogP contribution in [0.15, 0.2) is 18.2 Å². The fourth-order valence-corrected chi connectivity index (χ4v) is 2.27. The molecule has 4 nitrogen and oxygen atoms in total. The van der Waals surface area contributed by atoms with Crippen molar-refractivity contribution in [1.82, 2.24) is 5.32 Å². The third-order valence-corrected chi connectivity index (χ3v) is 3.51. The molecule has 0 aliphatic carbocycles. The van der Waals surface area contributed by atoms with Gasteiger partial charge in [-0.15, -0.1) is 0 Å². The van der Waals surface area contributed by atoms with Gasteiger partial charge in [0.15, 0.2) is 0 Å². The molecule has 0 unspecified atom stereocenters. The van der Waals surface area contributed by atoms with Crippen LogP contribution in [-0.4, -0.2) is 34.7 Å². The van der Waals surface area contributed by atoms with E-state index in [0.29, 0.717) is 6.54 Å². The molecule has 0 saturated heterocycles. The third-order valence-electron chi connectivity index (χ3n) is 2.81. The molecule has 1 amide bonds. The Morgan fingerprint density at radius 3 is 2.42 bits per heavy atom. The van der Waals surface area contributed by atoms with Crippen molar-refractivity contribution in [3.8, 4) is 11.5 Å². The summed E-state index contributed by atoms with van der Waals surface area (Å²) >= 11 is 1.85. The smallest absolute Gasteiger partial charge is 0.258 e. The van der Waals surface area contributed by atoms with E-state index in [1.807, 2.05) is 11.8 Å². The van der Waals surface area contributed by atoms with Crippen molar-refractivity contribution in [1.29, 1.82) is 0 Å². The summed E-state index contributed by atoms with van der Waals surface area (Å²) in [6.07, 6.45) is 6.45. The number of phenols is 2. The first-order chi connectivity index (χ1) is 9.16. The van der Waals surface area contributed by atoms with Crippen LogP contribution < -0.4 is 5.32 Å². The van der Waals surface area contributed by atoms with Crippen LogP contribution in [-0.2, 0) is 0 Å². The Labute approximate surface area is 118 Å². The second kappa shape index (κ2) is 8.69. The first kappa shape index (κ1) is 15.7. The number of carbonyl (C=O) groups is 1. The standard InChI is InChI=1S/C14H21NO3S/c1-19-10-5-3-2-4-9-15-14(18)13-11(16)7-6-8-12(13)17/h6-8,16-17H,2-5,9-10H2,1H3,(H,15,18). The number of hydrogen-bond donors (Lipinski definition) is 3. The maximum Gasteiger partial charge on any atom is 0.258 e. The first-order valence-electron chi connectivity index (χ1n) is 6.45. The van der Waals surface area contributed by atoms with Crippen LogP contribution in [0, 0.1) is 0 Å². The predicted octanol–water partition coefficient (Wildman–Crippen LogP) is 2.75. The summed E-state index contributed by atoms with van der Waals surface area (Å²) in [4.78, 5) is 11.8. The molecule has 0 bridgehead atoms. The van der Waals surface area contributed by atoms with Gasteiger partial charge in [-0.1, -0.05) is 18.9 Å².